The molecule has 7 nitrogen and oxygen atoms in total. The fraction of sp³-hybridized carbons (Fsp3) is 0.579. The van der Waals surface area contributed by atoms with Gasteiger partial charge in [0.2, 0.25) is 0 Å². The van der Waals surface area contributed by atoms with Gasteiger partial charge in [-0.05, 0) is 44.9 Å². The van der Waals surface area contributed by atoms with Crippen LogP contribution in [-0.4, -0.2) is 51.4 Å². The van der Waals surface area contributed by atoms with Crippen LogP contribution in [0.1, 0.15) is 38.9 Å². The molecule has 1 aromatic rings. The maximum atomic E-state index is 13.0. The minimum atomic E-state index is -0.503. The first-order chi connectivity index (χ1) is 12.7. The van der Waals surface area contributed by atoms with Gasteiger partial charge in [-0.2, -0.15) is 0 Å². The number of benzene rings is 1. The van der Waals surface area contributed by atoms with Gasteiger partial charge in [-0.25, -0.2) is 9.18 Å². The van der Waals surface area contributed by atoms with Crippen molar-refractivity contribution in [3.63, 3.8) is 0 Å². The third-order valence-electron chi connectivity index (χ3n) is 3.52. The van der Waals surface area contributed by atoms with Gasteiger partial charge in [0.25, 0.3) is 0 Å². The van der Waals surface area contributed by atoms with E-state index in [1.54, 1.807) is 26.3 Å². The summed E-state index contributed by atoms with van der Waals surface area (Å²) in [4.78, 5) is 15.7. The van der Waals surface area contributed by atoms with Crippen molar-refractivity contribution in [2.24, 2.45) is 4.99 Å². The Hall–Kier alpha value is -2.35. The molecule has 1 amide bonds. The number of aliphatic imine (C=N–C) groups is 1. The first kappa shape index (κ1) is 22.7. The van der Waals surface area contributed by atoms with Crippen molar-refractivity contribution >= 4 is 12.1 Å². The molecule has 1 unspecified atom stereocenters. The van der Waals surface area contributed by atoms with Crippen LogP contribution in [0.2, 0.25) is 0 Å². The number of methoxy groups -OCH3 is 1. The average molecular weight is 382 g/mol. The molecule has 0 aliphatic rings. The second-order valence-corrected chi connectivity index (χ2v) is 6.94. The number of nitrogens with zero attached hydrogens (tertiary/aromatic N) is 1. The van der Waals surface area contributed by atoms with E-state index in [-0.39, 0.29) is 11.9 Å². The molecule has 0 bridgehead atoms. The van der Waals surface area contributed by atoms with Gasteiger partial charge in [-0.1, -0.05) is 12.1 Å². The lowest BCUT2D eigenvalue weighted by molar-refractivity contribution is 0.0527. The number of rotatable bonds is 8. The molecule has 0 aliphatic heterocycles. The van der Waals surface area contributed by atoms with Crippen molar-refractivity contribution in [2.45, 2.75) is 38.9 Å². The monoisotopic (exact) mass is 382 g/mol. The molecular formula is C19H31FN4O3. The molecular weight excluding hydrogens is 351 g/mol. The Morgan fingerprint density at radius 2 is 1.78 bits per heavy atom. The largest absolute Gasteiger partial charge is 0.444 e. The number of alkyl carbamates (subject to hydrolysis) is 1. The first-order valence-corrected chi connectivity index (χ1v) is 8.95. The quantitative estimate of drug-likeness (QED) is 0.366. The van der Waals surface area contributed by atoms with E-state index in [0.29, 0.717) is 32.0 Å². The molecule has 1 rings (SSSR count). The molecule has 0 aromatic heterocycles. The van der Waals surface area contributed by atoms with Crippen LogP contribution in [0.4, 0.5) is 9.18 Å². The molecule has 27 heavy (non-hydrogen) atoms. The van der Waals surface area contributed by atoms with Gasteiger partial charge in [-0.15, -0.1) is 0 Å². The number of carbonyl (C=O) groups is 1. The molecule has 0 saturated carbocycles. The highest BCUT2D eigenvalue weighted by molar-refractivity contribution is 5.79. The number of hydrogen-bond acceptors (Lipinski definition) is 4. The number of guanidine groups is 1. The van der Waals surface area contributed by atoms with Crippen LogP contribution < -0.4 is 16.0 Å². The summed E-state index contributed by atoms with van der Waals surface area (Å²) >= 11 is 0. The molecule has 0 fully saturated rings. The maximum absolute atomic E-state index is 13.0. The lowest BCUT2D eigenvalue weighted by atomic mass is 10.1. The molecule has 0 spiro atoms. The molecule has 0 radical (unpaired) electrons. The van der Waals surface area contributed by atoms with Crippen LogP contribution in [0.3, 0.4) is 0 Å². The van der Waals surface area contributed by atoms with Crippen LogP contribution in [-0.2, 0) is 9.47 Å². The SMILES string of the molecule is CN=C(NCCCNC(=O)OC(C)(C)C)NCC(OC)c1ccc(F)cc1. The zero-order valence-electron chi connectivity index (χ0n) is 16.8. The zero-order chi connectivity index (χ0) is 20.3. The molecule has 1 atom stereocenters. The molecule has 3 N–H and O–H groups in total. The smallest absolute Gasteiger partial charge is 0.407 e. The number of amides is 1. The minimum Gasteiger partial charge on any atom is -0.444 e. The maximum Gasteiger partial charge on any atom is 0.407 e. The number of hydrogen-bond donors (Lipinski definition) is 3. The molecule has 0 heterocycles. The molecule has 8 heteroatoms. The summed E-state index contributed by atoms with van der Waals surface area (Å²) in [6.07, 6.45) is 0.0660. The fourth-order valence-corrected chi connectivity index (χ4v) is 2.22. The summed E-state index contributed by atoms with van der Waals surface area (Å²) in [7, 11) is 3.28. The number of nitrogens with one attached hydrogen (secondary N) is 3. The van der Waals surface area contributed by atoms with Crippen LogP contribution >= 0.6 is 0 Å². The summed E-state index contributed by atoms with van der Waals surface area (Å²) in [5.41, 5.74) is 0.375. The van der Waals surface area contributed by atoms with Gasteiger partial charge in [0, 0.05) is 33.8 Å². The van der Waals surface area contributed by atoms with E-state index in [0.717, 1.165) is 5.56 Å². The van der Waals surface area contributed by atoms with Crippen molar-refractivity contribution in [3.8, 4) is 0 Å². The lowest BCUT2D eigenvalue weighted by Gasteiger charge is -2.20. The molecule has 0 saturated heterocycles. The third-order valence-corrected chi connectivity index (χ3v) is 3.52. The van der Waals surface area contributed by atoms with Crippen molar-refractivity contribution in [2.75, 3.05) is 33.8 Å². The van der Waals surface area contributed by atoms with Crippen LogP contribution in [0.25, 0.3) is 0 Å². The van der Waals surface area contributed by atoms with Crippen LogP contribution in [0.15, 0.2) is 29.3 Å². The van der Waals surface area contributed by atoms with E-state index < -0.39 is 11.7 Å². The normalized spacial score (nSPS) is 13.0. The topological polar surface area (TPSA) is 84.0 Å². The summed E-state index contributed by atoms with van der Waals surface area (Å²) in [6.45, 7) is 7.08. The Labute approximate surface area is 160 Å². The highest BCUT2D eigenvalue weighted by Crippen LogP contribution is 2.16. The molecule has 1 aromatic carbocycles. The van der Waals surface area contributed by atoms with E-state index in [1.165, 1.54) is 12.1 Å². The van der Waals surface area contributed by atoms with Gasteiger partial charge in [-0.3, -0.25) is 4.99 Å². The summed E-state index contributed by atoms with van der Waals surface area (Å²) < 4.78 is 23.7. The summed E-state index contributed by atoms with van der Waals surface area (Å²) in [6, 6.07) is 6.21. The van der Waals surface area contributed by atoms with E-state index in [4.69, 9.17) is 9.47 Å². The molecule has 0 aliphatic carbocycles. The number of carbonyl (C=O) groups excluding carboxylic acids is 1. The zero-order valence-corrected chi connectivity index (χ0v) is 16.8. The summed E-state index contributed by atoms with van der Waals surface area (Å²) in [5.74, 6) is 0.343. The van der Waals surface area contributed by atoms with Gasteiger partial charge in [0.1, 0.15) is 11.4 Å². The van der Waals surface area contributed by atoms with Gasteiger partial charge < -0.3 is 25.4 Å². The number of ether oxygens (including phenoxy) is 2. The van der Waals surface area contributed by atoms with Gasteiger partial charge in [0.05, 0.1) is 6.10 Å². The minimum absolute atomic E-state index is 0.224. The third kappa shape index (κ3) is 9.79. The van der Waals surface area contributed by atoms with Gasteiger partial charge in [0.15, 0.2) is 5.96 Å². The Morgan fingerprint density at radius 1 is 1.15 bits per heavy atom. The Bertz CT molecular complexity index is 600. The van der Waals surface area contributed by atoms with Crippen LogP contribution in [0.5, 0.6) is 0 Å². The van der Waals surface area contributed by atoms with E-state index >= 15 is 0 Å². The predicted molar refractivity (Wildman–Crippen MR) is 104 cm³/mol. The van der Waals surface area contributed by atoms with E-state index in [2.05, 4.69) is 20.9 Å². The fourth-order valence-electron chi connectivity index (χ4n) is 2.22. The molecule has 152 valence electrons. The Balaban J connectivity index is 2.30. The van der Waals surface area contributed by atoms with Crippen molar-refractivity contribution in [1.82, 2.24) is 16.0 Å². The van der Waals surface area contributed by atoms with Gasteiger partial charge >= 0.3 is 6.09 Å². The van der Waals surface area contributed by atoms with Crippen molar-refractivity contribution < 1.29 is 18.7 Å². The second-order valence-electron chi connectivity index (χ2n) is 6.94. The standard InChI is InChI=1S/C19H31FN4O3/c1-19(2,3)27-18(25)23-12-6-11-22-17(21-4)24-13-16(26-5)14-7-9-15(20)10-8-14/h7-10,16H,6,11-13H2,1-5H3,(H,23,25)(H2,21,22,24). The first-order valence-electron chi connectivity index (χ1n) is 8.95. The second kappa shape index (κ2) is 11.4. The highest BCUT2D eigenvalue weighted by Gasteiger charge is 2.15. The van der Waals surface area contributed by atoms with Crippen molar-refractivity contribution in [1.29, 1.82) is 0 Å². The van der Waals surface area contributed by atoms with E-state index in [1.807, 2.05) is 20.8 Å². The average Bonchev–Trinajstić information content (AvgIpc) is 2.60. The van der Waals surface area contributed by atoms with Crippen LogP contribution in [0, 0.1) is 5.82 Å². The Kier molecular flexibility index (Phi) is 9.56. The van der Waals surface area contributed by atoms with Crippen molar-refractivity contribution in [3.05, 3.63) is 35.6 Å². The van der Waals surface area contributed by atoms with E-state index in [9.17, 15) is 9.18 Å². The predicted octanol–water partition coefficient (Wildman–Crippen LogP) is 2.59. The Morgan fingerprint density at radius 3 is 2.33 bits per heavy atom. The summed E-state index contributed by atoms with van der Waals surface area (Å²) in [5, 5.41) is 9.04. The number of halogens is 1. The highest BCUT2D eigenvalue weighted by atomic mass is 19.1. The lowest BCUT2D eigenvalue weighted by Crippen LogP contribution is -2.41.